The highest BCUT2D eigenvalue weighted by atomic mass is 16.5. The molecule has 8 nitrogen and oxygen atoms in total. The minimum Gasteiger partial charge on any atom is -0.465 e. The van der Waals surface area contributed by atoms with E-state index in [0.717, 1.165) is 10.5 Å². The molecular formula is C18H23N3O5. The summed E-state index contributed by atoms with van der Waals surface area (Å²) < 4.78 is 5.16. The molecule has 0 aliphatic carbocycles. The zero-order chi connectivity index (χ0) is 19.1. The summed E-state index contributed by atoms with van der Waals surface area (Å²) in [4.78, 5) is 38.4. The highest BCUT2D eigenvalue weighted by Crippen LogP contribution is 2.18. The molecule has 1 aromatic carbocycles. The first-order valence-corrected chi connectivity index (χ1v) is 8.26. The first-order valence-electron chi connectivity index (χ1n) is 8.26. The number of alkyl carbamates (subject to hydrolysis) is 1. The van der Waals surface area contributed by atoms with Crippen LogP contribution in [0.5, 0.6) is 0 Å². The highest BCUT2D eigenvalue weighted by molar-refractivity contribution is 5.98. The maximum Gasteiger partial charge on any atom is 0.412 e. The Kier molecular flexibility index (Phi) is 6.60. The van der Waals surface area contributed by atoms with Gasteiger partial charge in [0.05, 0.1) is 6.04 Å². The Bertz CT molecular complexity index is 687. The smallest absolute Gasteiger partial charge is 0.412 e. The summed E-state index contributed by atoms with van der Waals surface area (Å²) in [6.07, 6.45) is 0.0856. The molecule has 2 amide bonds. The molecule has 1 saturated heterocycles. The fourth-order valence-corrected chi connectivity index (χ4v) is 2.61. The van der Waals surface area contributed by atoms with Crippen LogP contribution in [-0.2, 0) is 16.1 Å². The quantitative estimate of drug-likeness (QED) is 0.796. The molecule has 0 radical (unpaired) electrons. The molecule has 2 N–H and O–H groups in total. The largest absolute Gasteiger partial charge is 0.465 e. The molecule has 1 aromatic rings. The average molecular weight is 361 g/mol. The average Bonchev–Trinajstić information content (AvgIpc) is 2.74. The summed E-state index contributed by atoms with van der Waals surface area (Å²) >= 11 is 0. The van der Waals surface area contributed by atoms with E-state index in [0.29, 0.717) is 6.42 Å². The van der Waals surface area contributed by atoms with Gasteiger partial charge in [0.1, 0.15) is 12.3 Å². The molecule has 0 unspecified atom stereocenters. The monoisotopic (exact) mass is 361 g/mol. The van der Waals surface area contributed by atoms with Crippen LogP contribution in [0, 0.1) is 0 Å². The number of amides is 2. The van der Waals surface area contributed by atoms with E-state index in [1.165, 1.54) is 6.20 Å². The van der Waals surface area contributed by atoms with Gasteiger partial charge in [-0.25, -0.2) is 9.59 Å². The Balaban J connectivity index is 2.00. The van der Waals surface area contributed by atoms with Gasteiger partial charge in [0.15, 0.2) is 5.78 Å². The third-order valence-electron chi connectivity index (χ3n) is 3.85. The SMILES string of the molecule is CN(C)/C=C1/C(=O)CC[C@H](NC(=O)OCc2ccccc2)CN1C(=O)O. The van der Waals surface area contributed by atoms with Crippen molar-refractivity contribution in [2.24, 2.45) is 0 Å². The zero-order valence-electron chi connectivity index (χ0n) is 14.8. The first kappa shape index (κ1) is 19.3. The Labute approximate surface area is 152 Å². The molecule has 2 rings (SSSR count). The fraction of sp³-hybridized carbons (Fsp3) is 0.389. The second-order valence-electron chi connectivity index (χ2n) is 6.24. The molecule has 0 bridgehead atoms. The lowest BCUT2D eigenvalue weighted by Gasteiger charge is -2.24. The van der Waals surface area contributed by atoms with Crippen LogP contribution >= 0.6 is 0 Å². The maximum absolute atomic E-state index is 12.3. The van der Waals surface area contributed by atoms with Gasteiger partial charge in [-0.3, -0.25) is 9.69 Å². The van der Waals surface area contributed by atoms with Crippen LogP contribution in [0.3, 0.4) is 0 Å². The molecule has 1 atom stereocenters. The number of rotatable bonds is 4. The summed E-state index contributed by atoms with van der Waals surface area (Å²) in [6.45, 7) is 0.105. The number of ether oxygens (including phenoxy) is 1. The van der Waals surface area contributed by atoms with Crippen molar-refractivity contribution < 1.29 is 24.2 Å². The van der Waals surface area contributed by atoms with Gasteiger partial charge in [-0.1, -0.05) is 30.3 Å². The Hall–Kier alpha value is -3.03. The maximum atomic E-state index is 12.3. The molecule has 0 spiro atoms. The van der Waals surface area contributed by atoms with Crippen LogP contribution in [0.4, 0.5) is 9.59 Å². The molecule has 0 saturated carbocycles. The topological polar surface area (TPSA) is 99.2 Å². The van der Waals surface area contributed by atoms with Gasteiger partial charge in [0.2, 0.25) is 0 Å². The number of carbonyl (C=O) groups is 3. The van der Waals surface area contributed by atoms with Crippen LogP contribution < -0.4 is 5.32 Å². The number of benzene rings is 1. The number of hydrogen-bond donors (Lipinski definition) is 2. The van der Waals surface area contributed by atoms with Crippen molar-refractivity contribution in [1.82, 2.24) is 15.1 Å². The zero-order valence-corrected chi connectivity index (χ0v) is 14.8. The predicted molar refractivity (Wildman–Crippen MR) is 94.3 cm³/mol. The standard InChI is InChI=1S/C18H23N3O5/c1-20(2)11-15-16(22)9-8-14(10-21(15)18(24)25)19-17(23)26-12-13-6-4-3-5-7-13/h3-7,11,14H,8-10,12H2,1-2H3,(H,19,23)(H,24,25)/b15-11-/t14-/m0/s1. The van der Waals surface area contributed by atoms with Gasteiger partial charge < -0.3 is 20.1 Å². The second kappa shape index (κ2) is 8.89. The van der Waals surface area contributed by atoms with Crippen molar-refractivity contribution in [3.8, 4) is 0 Å². The number of hydrogen-bond acceptors (Lipinski definition) is 5. The summed E-state index contributed by atoms with van der Waals surface area (Å²) in [6, 6.07) is 8.72. The number of nitrogens with zero attached hydrogens (tertiary/aromatic N) is 2. The number of likely N-dealkylation sites (tertiary alicyclic amines) is 1. The lowest BCUT2D eigenvalue weighted by Crippen LogP contribution is -2.44. The van der Waals surface area contributed by atoms with Gasteiger partial charge >= 0.3 is 12.2 Å². The van der Waals surface area contributed by atoms with E-state index in [-0.39, 0.29) is 31.1 Å². The number of allylic oxidation sites excluding steroid dienone is 1. The van der Waals surface area contributed by atoms with Crippen LogP contribution in [0.1, 0.15) is 18.4 Å². The van der Waals surface area contributed by atoms with Crippen LogP contribution in [0.25, 0.3) is 0 Å². The second-order valence-corrected chi connectivity index (χ2v) is 6.24. The Morgan fingerprint density at radius 1 is 1.35 bits per heavy atom. The molecular weight excluding hydrogens is 338 g/mol. The van der Waals surface area contributed by atoms with E-state index in [2.05, 4.69) is 5.32 Å². The summed E-state index contributed by atoms with van der Waals surface area (Å²) in [5.41, 5.74) is 0.950. The molecule has 8 heteroatoms. The van der Waals surface area contributed by atoms with Crippen molar-refractivity contribution in [1.29, 1.82) is 0 Å². The molecule has 1 aliphatic heterocycles. The number of Topliss-reactive ketones (excluding diaryl/α,β-unsaturated/α-hetero) is 1. The summed E-state index contributed by atoms with van der Waals surface area (Å²) in [7, 11) is 3.42. The van der Waals surface area contributed by atoms with Crippen LogP contribution in [-0.4, -0.2) is 59.6 Å². The van der Waals surface area contributed by atoms with Gasteiger partial charge in [-0.15, -0.1) is 0 Å². The van der Waals surface area contributed by atoms with Crippen molar-refractivity contribution in [3.05, 3.63) is 47.8 Å². The van der Waals surface area contributed by atoms with E-state index in [4.69, 9.17) is 4.74 Å². The van der Waals surface area contributed by atoms with E-state index < -0.39 is 18.2 Å². The molecule has 0 aromatic heterocycles. The summed E-state index contributed by atoms with van der Waals surface area (Å²) in [5.74, 6) is -0.275. The third-order valence-corrected chi connectivity index (χ3v) is 3.85. The van der Waals surface area contributed by atoms with E-state index in [1.54, 1.807) is 19.0 Å². The van der Waals surface area contributed by atoms with E-state index in [1.807, 2.05) is 30.3 Å². The fourth-order valence-electron chi connectivity index (χ4n) is 2.61. The number of ketones is 1. The molecule has 1 heterocycles. The van der Waals surface area contributed by atoms with Crippen molar-refractivity contribution in [3.63, 3.8) is 0 Å². The van der Waals surface area contributed by atoms with Crippen molar-refractivity contribution >= 4 is 18.0 Å². The lowest BCUT2D eigenvalue weighted by molar-refractivity contribution is -0.116. The molecule has 26 heavy (non-hydrogen) atoms. The molecule has 1 aliphatic rings. The summed E-state index contributed by atoms with van der Waals surface area (Å²) in [5, 5.41) is 12.1. The van der Waals surface area contributed by atoms with Crippen molar-refractivity contribution in [2.75, 3.05) is 20.6 Å². The highest BCUT2D eigenvalue weighted by Gasteiger charge is 2.31. The van der Waals surface area contributed by atoms with Crippen LogP contribution in [0.2, 0.25) is 0 Å². The molecule has 1 fully saturated rings. The van der Waals surface area contributed by atoms with Gasteiger partial charge in [-0.05, 0) is 12.0 Å². The normalized spacial score (nSPS) is 19.0. The Morgan fingerprint density at radius 3 is 2.65 bits per heavy atom. The van der Waals surface area contributed by atoms with E-state index >= 15 is 0 Å². The minimum atomic E-state index is -1.24. The lowest BCUT2D eigenvalue weighted by atomic mass is 10.1. The van der Waals surface area contributed by atoms with Crippen molar-refractivity contribution in [2.45, 2.75) is 25.5 Å². The third kappa shape index (κ3) is 5.51. The Morgan fingerprint density at radius 2 is 2.04 bits per heavy atom. The van der Waals surface area contributed by atoms with Gasteiger partial charge in [-0.2, -0.15) is 0 Å². The van der Waals surface area contributed by atoms with E-state index in [9.17, 15) is 19.5 Å². The van der Waals surface area contributed by atoms with Crippen LogP contribution in [0.15, 0.2) is 42.2 Å². The minimum absolute atomic E-state index is 0.0127. The van der Waals surface area contributed by atoms with Gasteiger partial charge in [0.25, 0.3) is 0 Å². The molecule has 140 valence electrons. The number of carbonyl (C=O) groups excluding carboxylic acids is 2. The predicted octanol–water partition coefficient (Wildman–Crippen LogP) is 2.03. The first-order chi connectivity index (χ1) is 12.4. The number of nitrogens with one attached hydrogen (secondary N) is 1. The number of carboxylic acid groups (broad SMARTS) is 1. The van der Waals surface area contributed by atoms with Gasteiger partial charge in [0, 0.05) is 33.3 Å².